The van der Waals surface area contributed by atoms with E-state index in [9.17, 15) is 88.0 Å². The molecule has 0 saturated carbocycles. The minimum absolute atomic E-state index is 0. The number of aromatic nitrogens is 6. The van der Waals surface area contributed by atoms with Crippen LogP contribution in [0.4, 0.5) is 57.4 Å². The zero-order valence-corrected chi connectivity index (χ0v) is 56.0. The molecule has 0 aliphatic carbocycles. The van der Waals surface area contributed by atoms with Gasteiger partial charge < -0.3 is 20.4 Å². The molecule has 0 aliphatic rings. The average Bonchev–Trinajstić information content (AvgIpc) is 0.861. The van der Waals surface area contributed by atoms with E-state index in [4.69, 9.17) is 23.2 Å². The summed E-state index contributed by atoms with van der Waals surface area (Å²) in [5.74, 6) is -2.72. The van der Waals surface area contributed by atoms with E-state index in [0.29, 0.717) is 30.0 Å². The zero-order valence-electron chi connectivity index (χ0n) is 44.5. The van der Waals surface area contributed by atoms with Gasteiger partial charge in [0.05, 0.1) is 31.9 Å². The fourth-order valence-electron chi connectivity index (χ4n) is 7.95. The molecule has 0 fully saturated rings. The number of rotatable bonds is 16. The molecule has 0 bridgehead atoms. The van der Waals surface area contributed by atoms with E-state index in [1.54, 1.807) is 0 Å². The topological polar surface area (TPSA) is 539 Å². The third-order valence-corrected chi connectivity index (χ3v) is 17.2. The van der Waals surface area contributed by atoms with Gasteiger partial charge in [0.2, 0.25) is 33.7 Å². The fourth-order valence-corrected chi connectivity index (χ4v) is 11.9. The van der Waals surface area contributed by atoms with Crippen LogP contribution in [0.3, 0.4) is 0 Å². The number of fused-ring (bicyclic) bond motifs is 2. The van der Waals surface area contributed by atoms with Crippen molar-refractivity contribution in [3.8, 4) is 11.5 Å². The number of halogens is 2. The van der Waals surface area contributed by atoms with Crippen LogP contribution in [-0.4, -0.2) is 206 Å². The maximum absolute atomic E-state index is 12.7. The van der Waals surface area contributed by atoms with Crippen LogP contribution in [0.5, 0.6) is 11.5 Å². The summed E-state index contributed by atoms with van der Waals surface area (Å²) < 4.78 is 208. The molecule has 9 aromatic rings. The summed E-state index contributed by atoms with van der Waals surface area (Å²) in [6.45, 7) is 0. The first-order chi connectivity index (χ1) is 40.4. The van der Waals surface area contributed by atoms with Gasteiger partial charge in [0.25, 0.3) is 60.7 Å². The van der Waals surface area contributed by atoms with Gasteiger partial charge in [-0.3, -0.25) is 37.3 Å². The number of aromatic amines is 2. The van der Waals surface area contributed by atoms with E-state index >= 15 is 0 Å². The van der Waals surface area contributed by atoms with Crippen molar-refractivity contribution in [2.45, 2.75) is 29.4 Å². The predicted octanol–water partition coefficient (Wildman–Crippen LogP) is 6.47. The Labute approximate surface area is 574 Å². The summed E-state index contributed by atoms with van der Waals surface area (Å²) in [7, 11) is -29.5. The second-order valence-electron chi connectivity index (χ2n) is 17.4. The van der Waals surface area contributed by atoms with Crippen LogP contribution in [0.2, 0.25) is 10.6 Å². The van der Waals surface area contributed by atoms with Gasteiger partial charge in [-0.05, 0) is 119 Å². The third kappa shape index (κ3) is 16.1. The average molecular weight is 1410 g/mol. The van der Waals surface area contributed by atoms with Gasteiger partial charge in [-0.25, -0.2) is 9.98 Å². The molecule has 454 valence electrons. The van der Waals surface area contributed by atoms with E-state index in [-0.39, 0.29) is 98.5 Å². The van der Waals surface area contributed by atoms with E-state index in [1.165, 1.54) is 60.5 Å². The van der Waals surface area contributed by atoms with Crippen LogP contribution >= 0.6 is 23.2 Å². The number of azo groups is 2. The molecule has 34 nitrogen and oxygen atoms in total. The number of nitrogens with zero attached hydrogens (tertiary/aromatic N) is 11. The Morgan fingerprint density at radius 1 is 0.483 bits per heavy atom. The van der Waals surface area contributed by atoms with Crippen LogP contribution in [0.25, 0.3) is 21.5 Å². The normalized spacial score (nSPS) is 13.0. The Morgan fingerprint density at radius 2 is 0.899 bits per heavy atom. The van der Waals surface area contributed by atoms with E-state index in [1.807, 2.05) is 0 Å². The molecular weight excluding hydrogens is 1380 g/mol. The number of benzene rings is 7. The minimum atomic E-state index is -5.38. The zero-order chi connectivity index (χ0) is 63.5. The summed E-state index contributed by atoms with van der Waals surface area (Å²) in [5, 5.41) is 37.8. The molecule has 11 N–H and O–H groups in total. The number of hydrogen-bond donors (Lipinski definition) is 11. The van der Waals surface area contributed by atoms with Crippen molar-refractivity contribution in [1.29, 1.82) is 0 Å². The van der Waals surface area contributed by atoms with Crippen molar-refractivity contribution >= 4 is 244 Å². The van der Waals surface area contributed by atoms with Crippen molar-refractivity contribution < 1.29 is 88.0 Å². The second kappa shape index (κ2) is 26.5. The van der Waals surface area contributed by atoms with Crippen LogP contribution in [-0.2, 0) is 60.7 Å². The van der Waals surface area contributed by atoms with Crippen molar-refractivity contribution in [2.24, 2.45) is 30.4 Å². The van der Waals surface area contributed by atoms with Gasteiger partial charge in [-0.15, -0.1) is 20.5 Å². The van der Waals surface area contributed by atoms with Crippen molar-refractivity contribution in [2.75, 3.05) is 17.3 Å². The maximum atomic E-state index is 12.7. The SMILES string of the molecule is CN(c1ccc(Nc2nc(Cl)[nH]c(=Nc3cc(S(=O)(=O)O)cc4cc(S(=O)(=O)O)c(N=Nc5ccccc5S(=O)(=O)O)c(O)c34)n2)cc1)c1nc(Cl)nc(=Nc2cc(S(=O)(=O)O)cc3cc(S(=O)(=O)O)c(N=Nc4ccccc4S(=O)(=O)O)c(O)c23)[nH]1.[K].[Na]. The van der Waals surface area contributed by atoms with Gasteiger partial charge in [-0.1, -0.05) is 24.3 Å². The Hall–Kier alpha value is -6.24. The van der Waals surface area contributed by atoms with Crippen molar-refractivity contribution in [3.05, 3.63) is 131 Å². The van der Waals surface area contributed by atoms with E-state index in [0.717, 1.165) is 36.4 Å². The summed E-state index contributed by atoms with van der Waals surface area (Å²) >= 11 is 12.6. The van der Waals surface area contributed by atoms with Crippen molar-refractivity contribution in [3.63, 3.8) is 0 Å². The number of anilines is 4. The summed E-state index contributed by atoms with van der Waals surface area (Å²) in [5.41, 5.74) is -4.75. The molecule has 9 rings (SSSR count). The first kappa shape index (κ1) is 70.2. The van der Waals surface area contributed by atoms with E-state index in [2.05, 4.69) is 65.7 Å². The van der Waals surface area contributed by atoms with E-state index < -0.39 is 179 Å². The molecule has 0 spiro atoms. The monoisotopic (exact) mass is 1410 g/mol. The predicted molar refractivity (Wildman–Crippen MR) is 314 cm³/mol. The van der Waals surface area contributed by atoms with Crippen LogP contribution in [0, 0.1) is 0 Å². The van der Waals surface area contributed by atoms with Gasteiger partial charge in [0, 0.05) is 99.4 Å². The molecular formula is C45H32Cl2KN14NaO20S6. The number of nitrogens with one attached hydrogen (secondary N) is 3. The fraction of sp³-hybridized carbons (Fsp3) is 0.0222. The largest absolute Gasteiger partial charge is 0.505 e. The summed E-state index contributed by atoms with van der Waals surface area (Å²) in [6.07, 6.45) is 0. The first-order valence-electron chi connectivity index (χ1n) is 23.0. The number of phenols is 2. The molecule has 0 unspecified atom stereocenters. The van der Waals surface area contributed by atoms with Crippen LogP contribution in [0.15, 0.2) is 169 Å². The smallest absolute Gasteiger partial charge is 0.296 e. The Morgan fingerprint density at radius 3 is 1.31 bits per heavy atom. The Balaban J connectivity index is 0.00000564. The number of H-pyrrole nitrogens is 2. The number of hydrogen-bond acceptors (Lipinski definition) is 26. The van der Waals surface area contributed by atoms with Gasteiger partial charge in [0.1, 0.15) is 42.3 Å². The molecule has 0 amide bonds. The number of aromatic hydroxyl groups is 2. The standard InChI is InChI=1S/C45H32Cl2N14O20S6.K.Na/c1-61(45-54-41(47)53-44(56-45)50-29-19-25(83(67,68)69)15-21-17-33(87(79,80)81)37(39(63)35(21)29)60-58-27-7-3-5-9-31(27)85(73,74)75)23-12-10-22(11-13-23)48-42-51-40(46)52-43(55-42)49-28-18-24(82(64,65)66)14-20-16-32(86(76,77)78)36(38(62)34(20)28)59-57-26-6-2-4-8-30(26)84(70,71)72;;/h2-19,62-63H,1H3,(H,64,65,66)(H,67,68,69)(H,70,71,72)(H,73,74,75)(H,76,77,78)(H,79,80,81)(H,50,53,54,56)(H2,48,49,51,52,55);;. The minimum Gasteiger partial charge on any atom is -0.505 e. The third-order valence-electron chi connectivity index (χ3n) is 11.7. The molecule has 7 aromatic carbocycles. The van der Waals surface area contributed by atoms with Crippen LogP contribution < -0.4 is 21.5 Å². The van der Waals surface area contributed by atoms with Gasteiger partial charge in [0.15, 0.2) is 11.5 Å². The second-order valence-corrected chi connectivity index (χ2v) is 26.5. The molecule has 0 saturated heterocycles. The quantitative estimate of drug-likeness (QED) is 0.0280. The molecule has 2 radical (unpaired) electrons. The Bertz CT molecular complexity index is 5370. The van der Waals surface area contributed by atoms with Crippen LogP contribution in [0.1, 0.15) is 0 Å². The maximum Gasteiger partial charge on any atom is 0.296 e. The molecule has 2 aromatic heterocycles. The molecule has 2 heterocycles. The molecule has 44 heteroatoms. The van der Waals surface area contributed by atoms with Gasteiger partial charge >= 0.3 is 0 Å². The number of phenolic OH excluding ortho intramolecular Hbond substituents is 2. The Kier molecular flexibility index (Phi) is 20.9. The molecule has 0 aliphatic heterocycles. The van der Waals surface area contributed by atoms with Crippen molar-refractivity contribution in [1.82, 2.24) is 29.9 Å². The van der Waals surface area contributed by atoms with Gasteiger partial charge in [-0.2, -0.15) is 70.4 Å². The molecule has 89 heavy (non-hydrogen) atoms. The molecule has 0 atom stereocenters. The summed E-state index contributed by atoms with van der Waals surface area (Å²) in [6, 6.07) is 18.9. The first-order valence-corrected chi connectivity index (χ1v) is 32.4. The summed E-state index contributed by atoms with van der Waals surface area (Å²) in [4.78, 5) is 25.7.